The molecule has 25 heavy (non-hydrogen) atoms. The van der Waals surface area contributed by atoms with Gasteiger partial charge in [0, 0.05) is 19.6 Å². The summed E-state index contributed by atoms with van der Waals surface area (Å²) in [6.07, 6.45) is 2.16. The molecular formula is C17H26FN3O3S. The van der Waals surface area contributed by atoms with Crippen molar-refractivity contribution in [2.45, 2.75) is 24.2 Å². The zero-order valence-electron chi connectivity index (χ0n) is 14.7. The van der Waals surface area contributed by atoms with E-state index in [-0.39, 0.29) is 23.3 Å². The van der Waals surface area contributed by atoms with Crippen molar-refractivity contribution in [1.29, 1.82) is 0 Å². The summed E-state index contributed by atoms with van der Waals surface area (Å²) in [5.41, 5.74) is 0. The average Bonchev–Trinajstić information content (AvgIpc) is 2.59. The molecule has 0 aliphatic carbocycles. The third kappa shape index (κ3) is 5.49. The zero-order chi connectivity index (χ0) is 18.4. The SMILES string of the molecule is CN(C)CCCNC(=O)[C@@H]1CCCN(S(=O)(=O)c2ccc(F)cc2)C1. The molecule has 1 saturated heterocycles. The summed E-state index contributed by atoms with van der Waals surface area (Å²) in [7, 11) is 0.245. The second kappa shape index (κ2) is 8.73. The molecule has 0 radical (unpaired) electrons. The molecule has 0 saturated carbocycles. The minimum atomic E-state index is -3.70. The van der Waals surface area contributed by atoms with Crippen LogP contribution in [0, 0.1) is 11.7 Å². The van der Waals surface area contributed by atoms with E-state index in [9.17, 15) is 17.6 Å². The third-order valence-electron chi connectivity index (χ3n) is 4.29. The predicted molar refractivity (Wildman–Crippen MR) is 94.1 cm³/mol. The van der Waals surface area contributed by atoms with Crippen LogP contribution in [0.4, 0.5) is 4.39 Å². The highest BCUT2D eigenvalue weighted by Gasteiger charge is 2.33. The highest BCUT2D eigenvalue weighted by molar-refractivity contribution is 7.89. The monoisotopic (exact) mass is 371 g/mol. The van der Waals surface area contributed by atoms with Crippen LogP contribution < -0.4 is 5.32 Å². The van der Waals surface area contributed by atoms with Crippen LogP contribution in [-0.4, -0.2) is 63.8 Å². The van der Waals surface area contributed by atoms with Crippen molar-refractivity contribution in [1.82, 2.24) is 14.5 Å². The normalized spacial score (nSPS) is 19.1. The lowest BCUT2D eigenvalue weighted by Gasteiger charge is -2.31. The molecule has 0 spiro atoms. The number of piperidine rings is 1. The number of hydrogen-bond donors (Lipinski definition) is 1. The Balaban J connectivity index is 1.95. The first-order valence-corrected chi connectivity index (χ1v) is 9.93. The van der Waals surface area contributed by atoms with E-state index in [0.717, 1.165) is 25.1 Å². The summed E-state index contributed by atoms with van der Waals surface area (Å²) in [6.45, 7) is 2.01. The summed E-state index contributed by atoms with van der Waals surface area (Å²) in [6, 6.07) is 4.78. The van der Waals surface area contributed by atoms with Crippen LogP contribution in [0.2, 0.25) is 0 Å². The number of nitrogens with zero attached hydrogens (tertiary/aromatic N) is 2. The van der Waals surface area contributed by atoms with Crippen LogP contribution in [0.5, 0.6) is 0 Å². The van der Waals surface area contributed by atoms with Crippen molar-refractivity contribution in [3.8, 4) is 0 Å². The van der Waals surface area contributed by atoms with Gasteiger partial charge in [0.2, 0.25) is 15.9 Å². The molecule has 0 bridgehead atoms. The van der Waals surface area contributed by atoms with Gasteiger partial charge >= 0.3 is 0 Å². The first kappa shape index (κ1) is 19.8. The molecule has 1 N–H and O–H groups in total. The standard InChI is InChI=1S/C17H26FN3O3S/c1-20(2)11-4-10-19-17(22)14-5-3-12-21(13-14)25(23,24)16-8-6-15(18)7-9-16/h6-9,14H,3-5,10-13H2,1-2H3,(H,19,22)/t14-/m1/s1. The molecule has 1 aliphatic heterocycles. The van der Waals surface area contributed by atoms with E-state index in [1.807, 2.05) is 19.0 Å². The number of halogens is 1. The molecule has 2 rings (SSSR count). The molecule has 1 heterocycles. The maximum absolute atomic E-state index is 13.0. The van der Waals surface area contributed by atoms with Crippen LogP contribution in [0.15, 0.2) is 29.2 Å². The quantitative estimate of drug-likeness (QED) is 0.734. The van der Waals surface area contributed by atoms with Crippen molar-refractivity contribution in [2.75, 3.05) is 40.3 Å². The predicted octanol–water partition coefficient (Wildman–Crippen LogP) is 1.29. The summed E-state index contributed by atoms with van der Waals surface area (Å²) < 4.78 is 39.7. The number of rotatable bonds is 7. The van der Waals surface area contributed by atoms with E-state index < -0.39 is 15.8 Å². The fourth-order valence-corrected chi connectivity index (χ4v) is 4.41. The van der Waals surface area contributed by atoms with E-state index in [2.05, 4.69) is 5.32 Å². The Bertz CT molecular complexity index is 677. The Morgan fingerprint density at radius 3 is 2.64 bits per heavy atom. The van der Waals surface area contributed by atoms with Crippen molar-refractivity contribution >= 4 is 15.9 Å². The highest BCUT2D eigenvalue weighted by atomic mass is 32.2. The number of amides is 1. The van der Waals surface area contributed by atoms with Crippen molar-refractivity contribution in [3.63, 3.8) is 0 Å². The van der Waals surface area contributed by atoms with Crippen LogP contribution in [0.1, 0.15) is 19.3 Å². The van der Waals surface area contributed by atoms with E-state index in [1.165, 1.54) is 16.4 Å². The Morgan fingerprint density at radius 2 is 2.00 bits per heavy atom. The van der Waals surface area contributed by atoms with Gasteiger partial charge in [-0.2, -0.15) is 4.31 Å². The van der Waals surface area contributed by atoms with Crippen LogP contribution >= 0.6 is 0 Å². The van der Waals surface area contributed by atoms with E-state index >= 15 is 0 Å². The van der Waals surface area contributed by atoms with Gasteiger partial charge in [0.05, 0.1) is 10.8 Å². The first-order valence-electron chi connectivity index (χ1n) is 8.49. The van der Waals surface area contributed by atoms with Gasteiger partial charge < -0.3 is 10.2 Å². The number of nitrogens with one attached hydrogen (secondary N) is 1. The van der Waals surface area contributed by atoms with E-state index in [0.29, 0.717) is 25.9 Å². The van der Waals surface area contributed by atoms with Crippen LogP contribution in [0.3, 0.4) is 0 Å². The van der Waals surface area contributed by atoms with E-state index in [4.69, 9.17) is 0 Å². The van der Waals surface area contributed by atoms with Crippen molar-refractivity contribution in [2.24, 2.45) is 5.92 Å². The van der Waals surface area contributed by atoms with Gasteiger partial charge in [0.1, 0.15) is 5.82 Å². The molecule has 1 aromatic rings. The minimum Gasteiger partial charge on any atom is -0.356 e. The average molecular weight is 371 g/mol. The van der Waals surface area contributed by atoms with Gasteiger partial charge in [-0.05, 0) is 64.2 Å². The van der Waals surface area contributed by atoms with Gasteiger partial charge in [-0.15, -0.1) is 0 Å². The molecule has 8 heteroatoms. The van der Waals surface area contributed by atoms with Crippen LogP contribution in [0.25, 0.3) is 0 Å². The number of carbonyl (C=O) groups is 1. The molecule has 0 unspecified atom stereocenters. The number of carbonyl (C=O) groups excluding carboxylic acids is 1. The summed E-state index contributed by atoms with van der Waals surface area (Å²) in [5, 5.41) is 2.89. The first-order chi connectivity index (χ1) is 11.8. The smallest absolute Gasteiger partial charge is 0.243 e. The lowest BCUT2D eigenvalue weighted by atomic mass is 9.99. The molecule has 1 amide bonds. The minimum absolute atomic E-state index is 0.0564. The van der Waals surface area contributed by atoms with Crippen LogP contribution in [-0.2, 0) is 14.8 Å². The molecule has 140 valence electrons. The summed E-state index contributed by atoms with van der Waals surface area (Å²) in [5.74, 6) is -0.923. The lowest BCUT2D eigenvalue weighted by molar-refractivity contribution is -0.126. The third-order valence-corrected chi connectivity index (χ3v) is 6.17. The molecule has 0 aromatic heterocycles. The maximum atomic E-state index is 13.0. The molecule has 1 aromatic carbocycles. The molecular weight excluding hydrogens is 345 g/mol. The fourth-order valence-electron chi connectivity index (χ4n) is 2.88. The zero-order valence-corrected chi connectivity index (χ0v) is 15.6. The molecule has 1 fully saturated rings. The van der Waals surface area contributed by atoms with E-state index in [1.54, 1.807) is 0 Å². The number of hydrogen-bond acceptors (Lipinski definition) is 4. The maximum Gasteiger partial charge on any atom is 0.243 e. The molecule has 1 aliphatic rings. The van der Waals surface area contributed by atoms with Gasteiger partial charge in [-0.3, -0.25) is 4.79 Å². The largest absolute Gasteiger partial charge is 0.356 e. The number of benzene rings is 1. The molecule has 6 nitrogen and oxygen atoms in total. The van der Waals surface area contributed by atoms with Crippen molar-refractivity contribution in [3.05, 3.63) is 30.1 Å². The topological polar surface area (TPSA) is 69.7 Å². The second-order valence-corrected chi connectivity index (χ2v) is 8.54. The summed E-state index contributed by atoms with van der Waals surface area (Å²) >= 11 is 0. The van der Waals surface area contributed by atoms with Gasteiger partial charge in [-0.25, -0.2) is 12.8 Å². The fraction of sp³-hybridized carbons (Fsp3) is 0.588. The lowest BCUT2D eigenvalue weighted by Crippen LogP contribution is -2.45. The second-order valence-electron chi connectivity index (χ2n) is 6.60. The van der Waals surface area contributed by atoms with Crippen molar-refractivity contribution < 1.29 is 17.6 Å². The number of sulfonamides is 1. The Kier molecular flexibility index (Phi) is 6.92. The van der Waals surface area contributed by atoms with Gasteiger partial charge in [0.15, 0.2) is 0 Å². The van der Waals surface area contributed by atoms with Gasteiger partial charge in [0.25, 0.3) is 0 Å². The summed E-state index contributed by atoms with van der Waals surface area (Å²) in [4.78, 5) is 14.4. The highest BCUT2D eigenvalue weighted by Crippen LogP contribution is 2.24. The molecule has 1 atom stereocenters. The van der Waals surface area contributed by atoms with Gasteiger partial charge in [-0.1, -0.05) is 0 Å². The Hall–Kier alpha value is -1.51. The Labute approximate surface area is 149 Å². The Morgan fingerprint density at radius 1 is 1.32 bits per heavy atom.